The number of hydrogen-bond acceptors (Lipinski definition) is 2. The number of rotatable bonds is 10. The Hall–Kier alpha value is -0.600. The van der Waals surface area contributed by atoms with Gasteiger partial charge in [-0.15, -0.1) is 6.58 Å². The molecule has 0 heterocycles. The minimum atomic E-state index is 0.265. The van der Waals surface area contributed by atoms with E-state index in [4.69, 9.17) is 9.84 Å². The molecule has 0 saturated heterocycles. The predicted octanol–water partition coefficient (Wildman–Crippen LogP) is 2.69. The van der Waals surface area contributed by atoms with Crippen molar-refractivity contribution in [1.82, 2.24) is 0 Å². The molecule has 0 atom stereocenters. The van der Waals surface area contributed by atoms with E-state index in [1.807, 2.05) is 6.08 Å². The molecule has 0 aliphatic carbocycles. The zero-order valence-corrected chi connectivity index (χ0v) is 8.95. The van der Waals surface area contributed by atoms with Crippen molar-refractivity contribution in [3.05, 3.63) is 24.8 Å². The summed E-state index contributed by atoms with van der Waals surface area (Å²) in [4.78, 5) is 0. The Bertz CT molecular complexity index is 141. The van der Waals surface area contributed by atoms with Gasteiger partial charge in [0.1, 0.15) is 0 Å². The maximum absolute atomic E-state index is 8.51. The third-order valence-electron chi connectivity index (χ3n) is 1.86. The van der Waals surface area contributed by atoms with Crippen LogP contribution in [0.2, 0.25) is 0 Å². The number of hydrogen-bond donors (Lipinski definition) is 1. The van der Waals surface area contributed by atoms with Crippen molar-refractivity contribution in [3.63, 3.8) is 0 Å². The van der Waals surface area contributed by atoms with E-state index in [9.17, 15) is 0 Å². The third kappa shape index (κ3) is 11.4. The molecule has 0 radical (unpaired) electrons. The van der Waals surface area contributed by atoms with Crippen LogP contribution in [0.3, 0.4) is 0 Å². The summed E-state index contributed by atoms with van der Waals surface area (Å²) in [6.07, 6.45) is 11.3. The molecule has 82 valence electrons. The Morgan fingerprint density at radius 1 is 1.07 bits per heavy atom. The first-order chi connectivity index (χ1) is 6.91. The van der Waals surface area contributed by atoms with Gasteiger partial charge in [0.15, 0.2) is 0 Å². The van der Waals surface area contributed by atoms with E-state index < -0.39 is 0 Å². The highest BCUT2D eigenvalue weighted by Gasteiger charge is 1.85. The van der Waals surface area contributed by atoms with Crippen LogP contribution >= 0.6 is 0 Å². The fraction of sp³-hybridized carbons (Fsp3) is 0.667. The van der Waals surface area contributed by atoms with Crippen LogP contribution in [0.25, 0.3) is 0 Å². The zero-order valence-electron chi connectivity index (χ0n) is 8.95. The predicted molar refractivity (Wildman–Crippen MR) is 60.3 cm³/mol. The Balaban J connectivity index is 2.99. The molecule has 0 amide bonds. The first kappa shape index (κ1) is 13.4. The second-order valence-electron chi connectivity index (χ2n) is 3.20. The first-order valence-corrected chi connectivity index (χ1v) is 5.36. The molecule has 0 saturated carbocycles. The molecule has 2 nitrogen and oxygen atoms in total. The average Bonchev–Trinajstić information content (AvgIpc) is 2.21. The Labute approximate surface area is 87.3 Å². The first-order valence-electron chi connectivity index (χ1n) is 5.36. The van der Waals surface area contributed by atoms with Crippen LogP contribution in [0.4, 0.5) is 0 Å². The van der Waals surface area contributed by atoms with Crippen LogP contribution in [-0.4, -0.2) is 24.9 Å². The molecule has 1 N–H and O–H groups in total. The van der Waals surface area contributed by atoms with Gasteiger partial charge in [0.05, 0.1) is 6.61 Å². The summed E-state index contributed by atoms with van der Waals surface area (Å²) in [6.45, 7) is 5.37. The number of aliphatic hydroxyl groups is 1. The molecule has 0 spiro atoms. The topological polar surface area (TPSA) is 29.5 Å². The van der Waals surface area contributed by atoms with Crippen molar-refractivity contribution < 1.29 is 9.84 Å². The Kier molecular flexibility index (Phi) is 11.9. The molecular weight excluding hydrogens is 176 g/mol. The lowest BCUT2D eigenvalue weighted by molar-refractivity contribution is 0.150. The normalized spacial score (nSPS) is 10.9. The van der Waals surface area contributed by atoms with E-state index in [2.05, 4.69) is 18.7 Å². The monoisotopic (exact) mass is 198 g/mol. The zero-order chi connectivity index (χ0) is 10.5. The van der Waals surface area contributed by atoms with Gasteiger partial charge in [0.2, 0.25) is 0 Å². The second-order valence-corrected chi connectivity index (χ2v) is 3.20. The van der Waals surface area contributed by atoms with Crippen LogP contribution in [0.5, 0.6) is 0 Å². The molecule has 14 heavy (non-hydrogen) atoms. The van der Waals surface area contributed by atoms with Crippen molar-refractivity contribution in [2.75, 3.05) is 19.8 Å². The molecule has 0 aromatic heterocycles. The smallest absolute Gasteiger partial charge is 0.0647 e. The van der Waals surface area contributed by atoms with E-state index >= 15 is 0 Å². The highest BCUT2D eigenvalue weighted by Crippen LogP contribution is 1.96. The fourth-order valence-corrected chi connectivity index (χ4v) is 1.03. The van der Waals surface area contributed by atoms with Gasteiger partial charge in [-0.25, -0.2) is 0 Å². The summed E-state index contributed by atoms with van der Waals surface area (Å²) in [5, 5.41) is 8.51. The Morgan fingerprint density at radius 3 is 2.64 bits per heavy atom. The van der Waals surface area contributed by atoms with Crippen molar-refractivity contribution in [3.8, 4) is 0 Å². The summed E-state index contributed by atoms with van der Waals surface area (Å²) in [7, 11) is 0. The molecule has 0 fully saturated rings. The summed E-state index contributed by atoms with van der Waals surface area (Å²) in [5.74, 6) is 0. The summed E-state index contributed by atoms with van der Waals surface area (Å²) in [6, 6.07) is 0. The standard InChI is InChI=1S/C12H22O2/c1-2-3-4-5-6-8-11-14-12-9-7-10-13/h2,6,8,13H,1,3-5,7,9-12H2/b8-6+. The molecule has 0 bridgehead atoms. The van der Waals surface area contributed by atoms with Gasteiger partial charge in [0, 0.05) is 13.2 Å². The van der Waals surface area contributed by atoms with Crippen LogP contribution in [0.1, 0.15) is 32.1 Å². The number of aliphatic hydroxyl groups excluding tert-OH is 1. The minimum Gasteiger partial charge on any atom is -0.396 e. The van der Waals surface area contributed by atoms with Crippen LogP contribution in [0.15, 0.2) is 24.8 Å². The lowest BCUT2D eigenvalue weighted by Gasteiger charge is -1.98. The van der Waals surface area contributed by atoms with Gasteiger partial charge in [-0.3, -0.25) is 0 Å². The highest BCUT2D eigenvalue weighted by molar-refractivity contribution is 4.82. The molecule has 0 aliphatic heterocycles. The molecule has 0 aromatic rings. The number of unbranched alkanes of at least 4 members (excludes halogenated alkanes) is 3. The average molecular weight is 198 g/mol. The number of ether oxygens (including phenoxy) is 1. The maximum Gasteiger partial charge on any atom is 0.0647 e. The van der Waals surface area contributed by atoms with Crippen LogP contribution in [-0.2, 0) is 4.74 Å². The van der Waals surface area contributed by atoms with Gasteiger partial charge in [-0.05, 0) is 32.1 Å². The third-order valence-corrected chi connectivity index (χ3v) is 1.86. The van der Waals surface area contributed by atoms with Crippen molar-refractivity contribution in [2.24, 2.45) is 0 Å². The number of allylic oxidation sites excluding steroid dienone is 2. The summed E-state index contributed by atoms with van der Waals surface area (Å²) in [5.41, 5.74) is 0. The van der Waals surface area contributed by atoms with Crippen LogP contribution < -0.4 is 0 Å². The van der Waals surface area contributed by atoms with Crippen molar-refractivity contribution in [2.45, 2.75) is 32.1 Å². The summed E-state index contributed by atoms with van der Waals surface area (Å²) >= 11 is 0. The lowest BCUT2D eigenvalue weighted by Crippen LogP contribution is -1.95. The molecule has 0 unspecified atom stereocenters. The minimum absolute atomic E-state index is 0.265. The SMILES string of the molecule is C=CCCC/C=C/COCCCCO. The largest absolute Gasteiger partial charge is 0.396 e. The van der Waals surface area contributed by atoms with Crippen LogP contribution in [0, 0.1) is 0 Å². The van der Waals surface area contributed by atoms with E-state index in [1.54, 1.807) is 0 Å². The maximum atomic E-state index is 8.51. The molecular formula is C12H22O2. The lowest BCUT2D eigenvalue weighted by atomic mass is 10.2. The van der Waals surface area contributed by atoms with E-state index in [1.165, 1.54) is 6.42 Å². The summed E-state index contributed by atoms with van der Waals surface area (Å²) < 4.78 is 5.32. The quantitative estimate of drug-likeness (QED) is 0.432. The van der Waals surface area contributed by atoms with Gasteiger partial charge >= 0.3 is 0 Å². The fourth-order valence-electron chi connectivity index (χ4n) is 1.03. The van der Waals surface area contributed by atoms with E-state index in [-0.39, 0.29) is 6.61 Å². The molecule has 0 rings (SSSR count). The van der Waals surface area contributed by atoms with Gasteiger partial charge in [0.25, 0.3) is 0 Å². The van der Waals surface area contributed by atoms with Gasteiger partial charge in [-0.2, -0.15) is 0 Å². The highest BCUT2D eigenvalue weighted by atomic mass is 16.5. The van der Waals surface area contributed by atoms with Crippen molar-refractivity contribution >= 4 is 0 Å². The molecule has 0 aliphatic rings. The second kappa shape index (κ2) is 12.4. The van der Waals surface area contributed by atoms with Gasteiger partial charge in [-0.1, -0.05) is 18.2 Å². The van der Waals surface area contributed by atoms with Crippen molar-refractivity contribution in [1.29, 1.82) is 0 Å². The molecule has 2 heteroatoms. The Morgan fingerprint density at radius 2 is 1.93 bits per heavy atom. The van der Waals surface area contributed by atoms with E-state index in [0.717, 1.165) is 32.3 Å². The van der Waals surface area contributed by atoms with E-state index in [0.29, 0.717) is 6.61 Å². The van der Waals surface area contributed by atoms with Gasteiger partial charge < -0.3 is 9.84 Å². The molecule has 0 aromatic carbocycles.